The quantitative estimate of drug-likeness (QED) is 0.724. The Morgan fingerprint density at radius 3 is 2.65 bits per heavy atom. The summed E-state index contributed by atoms with van der Waals surface area (Å²) in [4.78, 5) is 14.0. The Morgan fingerprint density at radius 1 is 1.15 bits per heavy atom. The van der Waals surface area contributed by atoms with Crippen molar-refractivity contribution in [1.29, 1.82) is 0 Å². The molecule has 26 heavy (non-hydrogen) atoms. The van der Waals surface area contributed by atoms with E-state index in [2.05, 4.69) is 42.6 Å². The molecule has 0 radical (unpaired) electrons. The predicted molar refractivity (Wildman–Crippen MR) is 105 cm³/mol. The summed E-state index contributed by atoms with van der Waals surface area (Å²) < 4.78 is 5.85. The fraction of sp³-hybridized carbons (Fsp3) is 0.227. The number of nitrogens with one attached hydrogen (secondary N) is 1. The topological polar surface area (TPSA) is 38.3 Å². The number of para-hydroxylation sites is 1. The van der Waals surface area contributed by atoms with Crippen LogP contribution in [-0.4, -0.2) is 12.0 Å². The number of amides is 1. The molecule has 0 saturated carbocycles. The van der Waals surface area contributed by atoms with Crippen molar-refractivity contribution in [3.8, 4) is 5.75 Å². The molecule has 0 spiro atoms. The van der Waals surface area contributed by atoms with Crippen LogP contribution in [0.15, 0.2) is 66.0 Å². The molecule has 3 aromatic rings. The average Bonchev–Trinajstić information content (AvgIpc) is 3.35. The minimum Gasteiger partial charge on any atom is -0.480 e. The number of thiophene rings is 1. The summed E-state index contributed by atoms with van der Waals surface area (Å²) in [7, 11) is 0. The van der Waals surface area contributed by atoms with Crippen molar-refractivity contribution in [2.75, 3.05) is 0 Å². The number of benzene rings is 2. The van der Waals surface area contributed by atoms with Gasteiger partial charge in [0.2, 0.25) is 0 Å². The molecule has 0 unspecified atom stereocenters. The highest BCUT2D eigenvalue weighted by atomic mass is 32.1. The minimum atomic E-state index is -0.468. The molecule has 1 N–H and O–H groups in total. The third-order valence-electron chi connectivity index (χ3n) is 4.78. The first kappa shape index (κ1) is 16.9. The first-order chi connectivity index (χ1) is 12.7. The van der Waals surface area contributed by atoms with Gasteiger partial charge in [-0.25, -0.2) is 0 Å². The number of carbonyl (C=O) groups is 1. The van der Waals surface area contributed by atoms with Gasteiger partial charge in [-0.1, -0.05) is 55.5 Å². The second-order valence-electron chi connectivity index (χ2n) is 6.47. The van der Waals surface area contributed by atoms with Gasteiger partial charge in [0.05, 0.1) is 6.04 Å². The molecule has 1 aliphatic heterocycles. The van der Waals surface area contributed by atoms with Gasteiger partial charge in [-0.2, -0.15) is 0 Å². The van der Waals surface area contributed by atoms with E-state index in [1.807, 2.05) is 35.7 Å². The molecule has 1 aromatic heterocycles. The summed E-state index contributed by atoms with van der Waals surface area (Å²) in [6.45, 7) is 2.14. The zero-order valence-electron chi connectivity index (χ0n) is 14.6. The van der Waals surface area contributed by atoms with Crippen molar-refractivity contribution >= 4 is 17.2 Å². The van der Waals surface area contributed by atoms with Crippen LogP contribution in [0.5, 0.6) is 5.75 Å². The molecular formula is C22H21NO2S. The van der Waals surface area contributed by atoms with E-state index in [9.17, 15) is 4.79 Å². The molecule has 1 amide bonds. The molecule has 2 aromatic carbocycles. The van der Waals surface area contributed by atoms with E-state index in [4.69, 9.17) is 4.74 Å². The lowest BCUT2D eigenvalue weighted by Crippen LogP contribution is -2.39. The number of hydrogen-bond donors (Lipinski definition) is 1. The molecule has 1 aliphatic rings. The fourth-order valence-corrected chi connectivity index (χ4v) is 4.09. The average molecular weight is 363 g/mol. The van der Waals surface area contributed by atoms with Gasteiger partial charge in [0.15, 0.2) is 6.10 Å². The molecular weight excluding hydrogens is 342 g/mol. The summed E-state index contributed by atoms with van der Waals surface area (Å²) in [6, 6.07) is 20.2. The van der Waals surface area contributed by atoms with Gasteiger partial charge in [-0.3, -0.25) is 4.79 Å². The van der Waals surface area contributed by atoms with Crippen molar-refractivity contribution in [1.82, 2.24) is 5.32 Å². The Balaban J connectivity index is 1.54. The molecule has 0 bridgehead atoms. The van der Waals surface area contributed by atoms with Crippen LogP contribution < -0.4 is 10.1 Å². The maximum absolute atomic E-state index is 12.9. The van der Waals surface area contributed by atoms with Crippen LogP contribution in [0, 0.1) is 0 Å². The monoisotopic (exact) mass is 363 g/mol. The Bertz CT molecular complexity index is 862. The zero-order valence-corrected chi connectivity index (χ0v) is 15.5. The van der Waals surface area contributed by atoms with E-state index in [1.54, 1.807) is 11.3 Å². The van der Waals surface area contributed by atoms with Gasteiger partial charge in [0.25, 0.3) is 5.91 Å². The molecule has 2 atom stereocenters. The van der Waals surface area contributed by atoms with Gasteiger partial charge in [0.1, 0.15) is 5.75 Å². The molecule has 0 fully saturated rings. The summed E-state index contributed by atoms with van der Waals surface area (Å²) in [6.07, 6.45) is 1.16. The molecule has 2 heterocycles. The van der Waals surface area contributed by atoms with Crippen molar-refractivity contribution in [2.45, 2.75) is 31.9 Å². The Labute approximate surface area is 157 Å². The van der Waals surface area contributed by atoms with Crippen LogP contribution in [0.2, 0.25) is 0 Å². The molecule has 132 valence electrons. The minimum absolute atomic E-state index is 0.0702. The van der Waals surface area contributed by atoms with E-state index in [0.29, 0.717) is 6.42 Å². The third-order valence-corrected chi connectivity index (χ3v) is 5.71. The first-order valence-corrected chi connectivity index (χ1v) is 9.79. The van der Waals surface area contributed by atoms with Crippen molar-refractivity contribution < 1.29 is 9.53 Å². The summed E-state index contributed by atoms with van der Waals surface area (Å²) in [5.74, 6) is 0.742. The van der Waals surface area contributed by atoms with E-state index in [1.165, 1.54) is 5.56 Å². The Morgan fingerprint density at radius 2 is 1.96 bits per heavy atom. The lowest BCUT2D eigenvalue weighted by atomic mass is 10.0. The van der Waals surface area contributed by atoms with Crippen LogP contribution in [0.3, 0.4) is 0 Å². The standard InChI is InChI=1S/C22H21NO2S/c1-2-15-9-11-16(12-10-15)21(20-8-5-13-26-20)23-22(24)19-14-17-6-3-4-7-18(17)25-19/h3-13,19,21H,2,14H2,1H3,(H,23,24)/t19-,21+/m1/s1. The van der Waals surface area contributed by atoms with Crippen molar-refractivity contribution in [2.24, 2.45) is 0 Å². The number of fused-ring (bicyclic) bond motifs is 1. The normalized spacial score (nSPS) is 16.6. The Hall–Kier alpha value is -2.59. The highest BCUT2D eigenvalue weighted by molar-refractivity contribution is 7.10. The van der Waals surface area contributed by atoms with Gasteiger partial charge >= 0.3 is 0 Å². The Kier molecular flexibility index (Phi) is 4.76. The smallest absolute Gasteiger partial charge is 0.262 e. The molecule has 0 aliphatic carbocycles. The highest BCUT2D eigenvalue weighted by Gasteiger charge is 2.31. The summed E-state index contributed by atoms with van der Waals surface area (Å²) in [5.41, 5.74) is 3.47. The van der Waals surface area contributed by atoms with Crippen molar-refractivity contribution in [3.05, 3.63) is 87.6 Å². The van der Waals surface area contributed by atoms with E-state index >= 15 is 0 Å². The molecule has 4 heteroatoms. The highest BCUT2D eigenvalue weighted by Crippen LogP contribution is 2.30. The fourth-order valence-electron chi connectivity index (χ4n) is 3.28. The number of rotatable bonds is 5. The largest absolute Gasteiger partial charge is 0.480 e. The van der Waals surface area contributed by atoms with E-state index < -0.39 is 6.10 Å². The lowest BCUT2D eigenvalue weighted by molar-refractivity contribution is -0.127. The van der Waals surface area contributed by atoms with Gasteiger partial charge < -0.3 is 10.1 Å². The second kappa shape index (κ2) is 7.34. The van der Waals surface area contributed by atoms with Crippen LogP contribution in [0.25, 0.3) is 0 Å². The molecule has 4 rings (SSSR count). The summed E-state index contributed by atoms with van der Waals surface area (Å²) in [5, 5.41) is 5.23. The third kappa shape index (κ3) is 3.37. The maximum Gasteiger partial charge on any atom is 0.262 e. The number of aryl methyl sites for hydroxylation is 1. The van der Waals surface area contributed by atoms with E-state index in [0.717, 1.165) is 28.2 Å². The van der Waals surface area contributed by atoms with Crippen LogP contribution in [-0.2, 0) is 17.6 Å². The van der Waals surface area contributed by atoms with Crippen LogP contribution in [0.1, 0.15) is 34.5 Å². The zero-order chi connectivity index (χ0) is 17.9. The van der Waals surface area contributed by atoms with Crippen molar-refractivity contribution in [3.63, 3.8) is 0 Å². The second-order valence-corrected chi connectivity index (χ2v) is 7.45. The number of ether oxygens (including phenoxy) is 1. The number of carbonyl (C=O) groups excluding carboxylic acids is 1. The SMILES string of the molecule is CCc1ccc([C@H](NC(=O)[C@H]2Cc3ccccc3O2)c2cccs2)cc1. The summed E-state index contributed by atoms with van der Waals surface area (Å²) >= 11 is 1.65. The van der Waals surface area contributed by atoms with Gasteiger partial charge in [0, 0.05) is 11.3 Å². The van der Waals surface area contributed by atoms with E-state index in [-0.39, 0.29) is 11.9 Å². The van der Waals surface area contributed by atoms with Gasteiger partial charge in [-0.15, -0.1) is 11.3 Å². The maximum atomic E-state index is 12.9. The lowest BCUT2D eigenvalue weighted by Gasteiger charge is -2.20. The number of hydrogen-bond acceptors (Lipinski definition) is 3. The molecule has 3 nitrogen and oxygen atoms in total. The van der Waals surface area contributed by atoms with Crippen LogP contribution in [0.4, 0.5) is 0 Å². The van der Waals surface area contributed by atoms with Crippen LogP contribution >= 0.6 is 11.3 Å². The first-order valence-electron chi connectivity index (χ1n) is 8.91. The van der Waals surface area contributed by atoms with Gasteiger partial charge in [-0.05, 0) is 40.6 Å². The molecule has 0 saturated heterocycles. The predicted octanol–water partition coefficient (Wildman–Crippen LogP) is 4.52.